The van der Waals surface area contributed by atoms with Crippen LogP contribution in [0.3, 0.4) is 0 Å². The zero-order chi connectivity index (χ0) is 15.2. The van der Waals surface area contributed by atoms with E-state index in [2.05, 4.69) is 15.8 Å². The number of nitrogens with one attached hydrogen (secondary N) is 2. The second-order valence-electron chi connectivity index (χ2n) is 4.30. The van der Waals surface area contributed by atoms with Crippen molar-refractivity contribution in [1.82, 2.24) is 0 Å². The number of hydrogen-bond acceptors (Lipinski definition) is 3. The van der Waals surface area contributed by atoms with Gasteiger partial charge in [-0.3, -0.25) is 10.2 Å². The lowest BCUT2D eigenvalue weighted by Crippen LogP contribution is -2.05. The van der Waals surface area contributed by atoms with Crippen LogP contribution in [-0.4, -0.2) is 12.1 Å². The molecule has 6 heteroatoms. The number of anilines is 2. The first kappa shape index (κ1) is 15.4. The lowest BCUT2D eigenvalue weighted by Gasteiger charge is -2.03. The standard InChI is InChI=1S/C15H13Cl2N3O/c1-10(21)19-12-4-2-11(3-5-12)9-18-20-13-6-7-14(16)15(17)8-13/h2-9,20H,1H3,(H,19,21)/b18-9+. The number of amides is 1. The molecule has 2 N–H and O–H groups in total. The first-order valence-corrected chi connectivity index (χ1v) is 6.92. The van der Waals surface area contributed by atoms with E-state index in [1.807, 2.05) is 24.3 Å². The maximum Gasteiger partial charge on any atom is 0.221 e. The first-order valence-electron chi connectivity index (χ1n) is 6.16. The minimum absolute atomic E-state index is 0.0994. The van der Waals surface area contributed by atoms with Gasteiger partial charge in [-0.2, -0.15) is 5.10 Å². The summed E-state index contributed by atoms with van der Waals surface area (Å²) in [6.07, 6.45) is 1.67. The van der Waals surface area contributed by atoms with Gasteiger partial charge in [0.05, 0.1) is 21.9 Å². The Bertz CT molecular complexity index is 669. The Morgan fingerprint density at radius 3 is 2.33 bits per heavy atom. The van der Waals surface area contributed by atoms with Crippen LogP contribution in [0.25, 0.3) is 0 Å². The maximum absolute atomic E-state index is 10.9. The maximum atomic E-state index is 10.9. The summed E-state index contributed by atoms with van der Waals surface area (Å²) in [6, 6.07) is 12.5. The Labute approximate surface area is 132 Å². The quantitative estimate of drug-likeness (QED) is 0.647. The van der Waals surface area contributed by atoms with Gasteiger partial charge in [-0.05, 0) is 35.9 Å². The highest BCUT2D eigenvalue weighted by Gasteiger charge is 1.98. The van der Waals surface area contributed by atoms with Crippen LogP contribution in [0.5, 0.6) is 0 Å². The van der Waals surface area contributed by atoms with Crippen LogP contribution in [0.2, 0.25) is 10.0 Å². The molecule has 0 heterocycles. The Kier molecular flexibility index (Phi) is 5.20. The van der Waals surface area contributed by atoms with E-state index in [0.29, 0.717) is 10.0 Å². The third kappa shape index (κ3) is 4.77. The Hall–Kier alpha value is -2.04. The van der Waals surface area contributed by atoms with E-state index in [1.165, 1.54) is 6.92 Å². The largest absolute Gasteiger partial charge is 0.326 e. The fourth-order valence-corrected chi connectivity index (χ4v) is 1.90. The summed E-state index contributed by atoms with van der Waals surface area (Å²) in [7, 11) is 0. The average molecular weight is 322 g/mol. The molecule has 0 aliphatic carbocycles. The molecule has 21 heavy (non-hydrogen) atoms. The van der Waals surface area contributed by atoms with Crippen LogP contribution in [0.4, 0.5) is 11.4 Å². The van der Waals surface area contributed by atoms with Crippen molar-refractivity contribution in [2.75, 3.05) is 10.7 Å². The van der Waals surface area contributed by atoms with E-state index in [-0.39, 0.29) is 5.91 Å². The molecule has 2 aromatic rings. The predicted octanol–water partition coefficient (Wildman–Crippen LogP) is 4.40. The van der Waals surface area contributed by atoms with Gasteiger partial charge in [-0.25, -0.2) is 0 Å². The summed E-state index contributed by atoms with van der Waals surface area (Å²) in [4.78, 5) is 10.9. The van der Waals surface area contributed by atoms with Gasteiger partial charge in [-0.15, -0.1) is 0 Å². The van der Waals surface area contributed by atoms with Crippen LogP contribution in [0.15, 0.2) is 47.6 Å². The van der Waals surface area contributed by atoms with Crippen molar-refractivity contribution in [3.05, 3.63) is 58.1 Å². The molecule has 0 radical (unpaired) electrons. The number of carbonyl (C=O) groups is 1. The van der Waals surface area contributed by atoms with Gasteiger partial charge < -0.3 is 5.32 Å². The van der Waals surface area contributed by atoms with Crippen molar-refractivity contribution in [3.63, 3.8) is 0 Å². The van der Waals surface area contributed by atoms with Gasteiger partial charge in [0.1, 0.15) is 0 Å². The number of nitrogens with zero attached hydrogens (tertiary/aromatic N) is 1. The first-order chi connectivity index (χ1) is 10.0. The lowest BCUT2D eigenvalue weighted by molar-refractivity contribution is -0.114. The number of benzene rings is 2. The molecular weight excluding hydrogens is 309 g/mol. The van der Waals surface area contributed by atoms with Crippen molar-refractivity contribution in [2.45, 2.75) is 6.92 Å². The summed E-state index contributed by atoms with van der Waals surface area (Å²) in [5.41, 5.74) is 5.26. The Morgan fingerprint density at radius 2 is 1.71 bits per heavy atom. The highest BCUT2D eigenvalue weighted by molar-refractivity contribution is 6.42. The van der Waals surface area contributed by atoms with Gasteiger partial charge in [0.2, 0.25) is 5.91 Å². The molecular formula is C15H13Cl2N3O. The van der Waals surface area contributed by atoms with Crippen LogP contribution >= 0.6 is 23.2 Å². The normalized spacial score (nSPS) is 10.6. The van der Waals surface area contributed by atoms with Gasteiger partial charge in [0, 0.05) is 12.6 Å². The molecule has 0 aliphatic rings. The minimum atomic E-state index is -0.0994. The second kappa shape index (κ2) is 7.11. The number of rotatable bonds is 4. The van der Waals surface area contributed by atoms with Crippen molar-refractivity contribution in [1.29, 1.82) is 0 Å². The smallest absolute Gasteiger partial charge is 0.221 e. The molecule has 0 atom stereocenters. The Balaban J connectivity index is 1.97. The molecule has 0 saturated heterocycles. The van der Waals surface area contributed by atoms with Crippen LogP contribution < -0.4 is 10.7 Å². The molecule has 108 valence electrons. The van der Waals surface area contributed by atoms with Crippen molar-refractivity contribution in [3.8, 4) is 0 Å². The fourth-order valence-electron chi connectivity index (χ4n) is 1.60. The number of carbonyl (C=O) groups excluding carboxylic acids is 1. The molecule has 0 saturated carbocycles. The number of halogens is 2. The summed E-state index contributed by atoms with van der Waals surface area (Å²) in [5.74, 6) is -0.0994. The third-order valence-electron chi connectivity index (χ3n) is 2.56. The van der Waals surface area contributed by atoms with Crippen LogP contribution in [-0.2, 0) is 4.79 Å². The monoisotopic (exact) mass is 321 g/mol. The number of hydrogen-bond donors (Lipinski definition) is 2. The lowest BCUT2D eigenvalue weighted by atomic mass is 10.2. The van der Waals surface area contributed by atoms with Crippen LogP contribution in [0.1, 0.15) is 12.5 Å². The van der Waals surface area contributed by atoms with Crippen molar-refractivity contribution in [2.24, 2.45) is 5.10 Å². The minimum Gasteiger partial charge on any atom is -0.326 e. The predicted molar refractivity (Wildman–Crippen MR) is 88.4 cm³/mol. The van der Waals surface area contributed by atoms with E-state index in [1.54, 1.807) is 24.4 Å². The van der Waals surface area contributed by atoms with Crippen LogP contribution in [0, 0.1) is 0 Å². The molecule has 0 aliphatic heterocycles. The summed E-state index contributed by atoms with van der Waals surface area (Å²) < 4.78 is 0. The highest BCUT2D eigenvalue weighted by Crippen LogP contribution is 2.24. The van der Waals surface area contributed by atoms with E-state index in [9.17, 15) is 4.79 Å². The molecule has 2 aromatic carbocycles. The zero-order valence-electron chi connectivity index (χ0n) is 11.2. The number of hydrazone groups is 1. The van der Waals surface area contributed by atoms with Gasteiger partial charge >= 0.3 is 0 Å². The van der Waals surface area contributed by atoms with E-state index >= 15 is 0 Å². The van der Waals surface area contributed by atoms with E-state index < -0.39 is 0 Å². The molecule has 0 fully saturated rings. The summed E-state index contributed by atoms with van der Waals surface area (Å²) in [5, 5.41) is 7.78. The van der Waals surface area contributed by atoms with Gasteiger partial charge in [0.15, 0.2) is 0 Å². The SMILES string of the molecule is CC(=O)Nc1ccc(/C=N/Nc2ccc(Cl)c(Cl)c2)cc1. The third-order valence-corrected chi connectivity index (χ3v) is 3.30. The fraction of sp³-hybridized carbons (Fsp3) is 0.0667. The van der Waals surface area contributed by atoms with Crippen molar-refractivity contribution < 1.29 is 4.79 Å². The Morgan fingerprint density at radius 1 is 1.05 bits per heavy atom. The van der Waals surface area contributed by atoms with E-state index in [0.717, 1.165) is 16.9 Å². The van der Waals surface area contributed by atoms with Crippen molar-refractivity contribution >= 4 is 46.7 Å². The topological polar surface area (TPSA) is 53.5 Å². The van der Waals surface area contributed by atoms with Gasteiger partial charge in [-0.1, -0.05) is 35.3 Å². The van der Waals surface area contributed by atoms with E-state index in [4.69, 9.17) is 23.2 Å². The highest BCUT2D eigenvalue weighted by atomic mass is 35.5. The molecule has 4 nitrogen and oxygen atoms in total. The molecule has 0 aromatic heterocycles. The second-order valence-corrected chi connectivity index (χ2v) is 5.12. The summed E-state index contributed by atoms with van der Waals surface area (Å²) in [6.45, 7) is 1.47. The molecule has 1 amide bonds. The molecule has 0 unspecified atom stereocenters. The van der Waals surface area contributed by atoms with Gasteiger partial charge in [0.25, 0.3) is 0 Å². The summed E-state index contributed by atoms with van der Waals surface area (Å²) >= 11 is 11.7. The molecule has 0 spiro atoms. The zero-order valence-corrected chi connectivity index (χ0v) is 12.7. The average Bonchev–Trinajstić information content (AvgIpc) is 2.44. The molecule has 0 bridgehead atoms. The molecule has 2 rings (SSSR count).